The maximum absolute atomic E-state index is 5.41. The first-order valence-electron chi connectivity index (χ1n) is 6.13. The van der Waals surface area contributed by atoms with Gasteiger partial charge in [0.2, 0.25) is 0 Å². The summed E-state index contributed by atoms with van der Waals surface area (Å²) in [6.07, 6.45) is 4.20. The maximum atomic E-state index is 5.41. The van der Waals surface area contributed by atoms with Gasteiger partial charge in [-0.2, -0.15) is 0 Å². The number of rotatable bonds is 6. The van der Waals surface area contributed by atoms with Crippen molar-refractivity contribution in [2.75, 3.05) is 6.61 Å². The highest BCUT2D eigenvalue weighted by Gasteiger charge is 2.05. The average molecular weight is 260 g/mol. The molecule has 0 bridgehead atoms. The minimum atomic E-state index is 0.684. The number of hydrogen-bond donors (Lipinski definition) is 0. The van der Waals surface area contributed by atoms with Crippen LogP contribution in [0.15, 0.2) is 54.9 Å². The standard InChI is InChI=1S/C15H18NOS/c1-2-17-12-15-9-6-10-16(11-15)18-13-14-7-4-3-5-8-14/h3-11H,2,12-13H2,1H3/q+1. The number of aromatic nitrogens is 1. The van der Waals surface area contributed by atoms with Crippen molar-refractivity contribution in [1.82, 2.24) is 0 Å². The molecule has 0 saturated carbocycles. The molecule has 2 aromatic rings. The minimum Gasteiger partial charge on any atom is -0.377 e. The van der Waals surface area contributed by atoms with Crippen molar-refractivity contribution >= 4 is 11.9 Å². The second kappa shape index (κ2) is 7.19. The Morgan fingerprint density at radius 1 is 1.06 bits per heavy atom. The van der Waals surface area contributed by atoms with Crippen LogP contribution in [0, 0.1) is 0 Å². The SMILES string of the molecule is CCOCc1ccc[n+](SCc2ccccc2)c1. The smallest absolute Gasteiger partial charge is 0.188 e. The van der Waals surface area contributed by atoms with Crippen molar-refractivity contribution in [3.8, 4) is 0 Å². The van der Waals surface area contributed by atoms with Gasteiger partial charge in [0.05, 0.1) is 12.4 Å². The van der Waals surface area contributed by atoms with Crippen LogP contribution in [0.4, 0.5) is 0 Å². The Balaban J connectivity index is 1.93. The van der Waals surface area contributed by atoms with E-state index in [4.69, 9.17) is 4.74 Å². The third-order valence-electron chi connectivity index (χ3n) is 2.53. The fraction of sp³-hybridized carbons (Fsp3) is 0.267. The summed E-state index contributed by atoms with van der Waals surface area (Å²) in [7, 11) is 0. The predicted molar refractivity (Wildman–Crippen MR) is 75.1 cm³/mol. The lowest BCUT2D eigenvalue weighted by atomic mass is 10.2. The van der Waals surface area contributed by atoms with Gasteiger partial charge in [-0.3, -0.25) is 0 Å². The molecule has 2 nitrogen and oxygen atoms in total. The van der Waals surface area contributed by atoms with Crippen molar-refractivity contribution in [3.63, 3.8) is 0 Å². The zero-order valence-corrected chi connectivity index (χ0v) is 11.4. The van der Waals surface area contributed by atoms with E-state index < -0.39 is 0 Å². The Morgan fingerprint density at radius 2 is 1.83 bits per heavy atom. The number of hydrogen-bond acceptors (Lipinski definition) is 2. The van der Waals surface area contributed by atoms with E-state index in [0.717, 1.165) is 12.4 Å². The van der Waals surface area contributed by atoms with Gasteiger partial charge in [-0.1, -0.05) is 30.3 Å². The van der Waals surface area contributed by atoms with Gasteiger partial charge in [0.25, 0.3) is 0 Å². The molecule has 0 aliphatic carbocycles. The van der Waals surface area contributed by atoms with Gasteiger partial charge >= 0.3 is 0 Å². The molecule has 94 valence electrons. The first-order chi connectivity index (χ1) is 8.88. The number of benzene rings is 1. The van der Waals surface area contributed by atoms with Crippen LogP contribution in [0.1, 0.15) is 18.1 Å². The highest BCUT2D eigenvalue weighted by Crippen LogP contribution is 2.08. The van der Waals surface area contributed by atoms with Crippen LogP contribution < -0.4 is 3.97 Å². The van der Waals surface area contributed by atoms with Gasteiger partial charge in [0.1, 0.15) is 0 Å². The van der Waals surface area contributed by atoms with Gasteiger partial charge < -0.3 is 4.74 Å². The zero-order valence-electron chi connectivity index (χ0n) is 10.6. The second-order valence-electron chi connectivity index (χ2n) is 3.97. The molecule has 0 amide bonds. The predicted octanol–water partition coefficient (Wildman–Crippen LogP) is 3.21. The Labute approximate surface area is 113 Å². The molecular formula is C15H18NOS+. The van der Waals surface area contributed by atoms with Crippen molar-refractivity contribution in [2.45, 2.75) is 19.3 Å². The summed E-state index contributed by atoms with van der Waals surface area (Å²) in [5.41, 5.74) is 2.55. The second-order valence-corrected chi connectivity index (χ2v) is 4.94. The van der Waals surface area contributed by atoms with E-state index in [1.807, 2.05) is 13.0 Å². The van der Waals surface area contributed by atoms with Crippen molar-refractivity contribution in [1.29, 1.82) is 0 Å². The molecule has 1 aromatic heterocycles. The van der Waals surface area contributed by atoms with Gasteiger partial charge in [-0.25, -0.2) is 0 Å². The molecule has 0 saturated heterocycles. The lowest BCUT2D eigenvalue weighted by molar-refractivity contribution is -0.495. The molecule has 0 aliphatic heterocycles. The van der Waals surface area contributed by atoms with Gasteiger partial charge in [-0.15, -0.1) is 3.97 Å². The van der Waals surface area contributed by atoms with E-state index in [-0.39, 0.29) is 0 Å². The van der Waals surface area contributed by atoms with E-state index in [2.05, 4.69) is 52.8 Å². The molecule has 0 radical (unpaired) electrons. The molecule has 0 N–H and O–H groups in total. The molecular weight excluding hydrogens is 242 g/mol. The molecule has 18 heavy (non-hydrogen) atoms. The molecule has 0 unspecified atom stereocenters. The Bertz CT molecular complexity index is 473. The van der Waals surface area contributed by atoms with E-state index in [1.54, 1.807) is 11.9 Å². The minimum absolute atomic E-state index is 0.684. The molecule has 0 spiro atoms. The van der Waals surface area contributed by atoms with Crippen molar-refractivity contribution in [2.24, 2.45) is 0 Å². The summed E-state index contributed by atoms with van der Waals surface area (Å²) in [5.74, 6) is 0.976. The fourth-order valence-electron chi connectivity index (χ4n) is 1.61. The highest BCUT2D eigenvalue weighted by atomic mass is 32.2. The van der Waals surface area contributed by atoms with E-state index in [9.17, 15) is 0 Å². The van der Waals surface area contributed by atoms with E-state index in [1.165, 1.54) is 11.1 Å². The summed E-state index contributed by atoms with van der Waals surface area (Å²) < 4.78 is 7.55. The Kier molecular flexibility index (Phi) is 5.24. The highest BCUT2D eigenvalue weighted by molar-refractivity contribution is 7.92. The number of nitrogens with zero attached hydrogens (tertiary/aromatic N) is 1. The lowest BCUT2D eigenvalue weighted by Crippen LogP contribution is -2.24. The summed E-state index contributed by atoms with van der Waals surface area (Å²) in [5, 5.41) is 0. The largest absolute Gasteiger partial charge is 0.377 e. The molecule has 0 fully saturated rings. The number of ether oxygens (including phenoxy) is 1. The molecule has 0 atom stereocenters. The summed E-state index contributed by atoms with van der Waals surface area (Å²) in [6, 6.07) is 14.7. The van der Waals surface area contributed by atoms with E-state index in [0.29, 0.717) is 6.61 Å². The topological polar surface area (TPSA) is 13.1 Å². The van der Waals surface area contributed by atoms with Crippen LogP contribution in [-0.2, 0) is 17.1 Å². The average Bonchev–Trinajstić information content (AvgIpc) is 2.44. The fourth-order valence-corrected chi connectivity index (χ4v) is 2.47. The van der Waals surface area contributed by atoms with Crippen LogP contribution in [0.5, 0.6) is 0 Å². The molecule has 3 heteroatoms. The van der Waals surface area contributed by atoms with Crippen molar-refractivity contribution < 1.29 is 8.71 Å². The third kappa shape index (κ3) is 4.17. The lowest BCUT2D eigenvalue weighted by Gasteiger charge is -2.00. The summed E-state index contributed by atoms with van der Waals surface area (Å²) in [4.78, 5) is 0. The van der Waals surface area contributed by atoms with E-state index >= 15 is 0 Å². The third-order valence-corrected chi connectivity index (χ3v) is 3.52. The van der Waals surface area contributed by atoms with Gasteiger partial charge in [0.15, 0.2) is 24.3 Å². The van der Waals surface area contributed by atoms with Crippen LogP contribution in [0.2, 0.25) is 0 Å². The molecule has 0 aliphatic rings. The summed E-state index contributed by atoms with van der Waals surface area (Å²) in [6.45, 7) is 3.45. The van der Waals surface area contributed by atoms with Crippen LogP contribution in [0.3, 0.4) is 0 Å². The van der Waals surface area contributed by atoms with Crippen molar-refractivity contribution in [3.05, 3.63) is 66.0 Å². The van der Waals surface area contributed by atoms with Gasteiger partial charge in [-0.05, 0) is 18.6 Å². The van der Waals surface area contributed by atoms with Crippen LogP contribution >= 0.6 is 11.9 Å². The Morgan fingerprint density at radius 3 is 2.61 bits per heavy atom. The van der Waals surface area contributed by atoms with Crippen LogP contribution in [0.25, 0.3) is 0 Å². The maximum Gasteiger partial charge on any atom is 0.188 e. The van der Waals surface area contributed by atoms with Gasteiger partial charge in [0, 0.05) is 18.2 Å². The Hall–Kier alpha value is -1.32. The first kappa shape index (κ1) is 13.1. The first-order valence-corrected chi connectivity index (χ1v) is 7.08. The monoisotopic (exact) mass is 260 g/mol. The molecule has 1 heterocycles. The molecule has 2 rings (SSSR count). The number of pyridine rings is 1. The summed E-state index contributed by atoms with van der Waals surface area (Å²) >= 11 is 1.78. The normalized spacial score (nSPS) is 10.5. The van der Waals surface area contributed by atoms with Crippen LogP contribution in [-0.4, -0.2) is 6.61 Å². The molecule has 1 aromatic carbocycles. The zero-order chi connectivity index (χ0) is 12.6. The quantitative estimate of drug-likeness (QED) is 0.740.